The summed E-state index contributed by atoms with van der Waals surface area (Å²) in [6.45, 7) is 0. The van der Waals surface area contributed by atoms with Gasteiger partial charge in [-0.1, -0.05) is 0 Å². The first-order chi connectivity index (χ1) is 3.80. The summed E-state index contributed by atoms with van der Waals surface area (Å²) in [6.07, 6.45) is 3.20. The van der Waals surface area contributed by atoms with Crippen LogP contribution in [0.3, 0.4) is 0 Å². The standard InChI is InChI=1S/C5H6N2O.K.H/c6-5(8)7-3-1-2-4-7;;/h1-4H,(H2,6,8);;/q;+1;-1. The van der Waals surface area contributed by atoms with Crippen LogP contribution in [0.2, 0.25) is 0 Å². The van der Waals surface area contributed by atoms with E-state index in [-0.39, 0.29) is 52.8 Å². The summed E-state index contributed by atoms with van der Waals surface area (Å²) in [5.41, 5.74) is 4.88. The second-order valence-corrected chi connectivity index (χ2v) is 1.43. The molecule has 0 saturated carbocycles. The first-order valence-corrected chi connectivity index (χ1v) is 2.23. The van der Waals surface area contributed by atoms with Gasteiger partial charge >= 0.3 is 57.4 Å². The van der Waals surface area contributed by atoms with Crippen molar-refractivity contribution in [2.24, 2.45) is 5.73 Å². The first-order valence-electron chi connectivity index (χ1n) is 2.23. The third-order valence-corrected chi connectivity index (χ3v) is 0.859. The number of hydrogen-bond acceptors (Lipinski definition) is 1. The molecule has 0 saturated heterocycles. The molecule has 4 heteroatoms. The van der Waals surface area contributed by atoms with Gasteiger partial charge in [-0.05, 0) is 12.1 Å². The average Bonchev–Trinajstić information content (AvgIpc) is 2.12. The topological polar surface area (TPSA) is 48.0 Å². The van der Waals surface area contributed by atoms with Crippen molar-refractivity contribution in [3.63, 3.8) is 0 Å². The van der Waals surface area contributed by atoms with Crippen molar-refractivity contribution in [2.75, 3.05) is 0 Å². The molecule has 3 nitrogen and oxygen atoms in total. The van der Waals surface area contributed by atoms with Crippen LogP contribution in [-0.2, 0) is 0 Å². The smallest absolute Gasteiger partial charge is 1.00 e. The molecule has 44 valence electrons. The maximum atomic E-state index is 10.2. The summed E-state index contributed by atoms with van der Waals surface area (Å²) in [6, 6.07) is 3.03. The number of primary amides is 1. The Kier molecular flexibility index (Phi) is 4.42. The summed E-state index contributed by atoms with van der Waals surface area (Å²) in [7, 11) is 0. The van der Waals surface area contributed by atoms with Gasteiger partial charge < -0.3 is 7.16 Å². The fraction of sp³-hybridized carbons (Fsp3) is 0. The molecule has 0 radical (unpaired) electrons. The van der Waals surface area contributed by atoms with Gasteiger partial charge in [0.15, 0.2) is 0 Å². The van der Waals surface area contributed by atoms with Gasteiger partial charge in [0.2, 0.25) is 0 Å². The van der Waals surface area contributed by atoms with Gasteiger partial charge in [0, 0.05) is 12.4 Å². The Morgan fingerprint density at radius 3 is 2.11 bits per heavy atom. The predicted molar refractivity (Wildman–Crippen MR) is 30.5 cm³/mol. The SMILES string of the molecule is NC(=O)n1cccc1.[H-].[K+]. The molecule has 1 aromatic rings. The largest absolute Gasteiger partial charge is 1.00 e. The molecule has 1 heterocycles. The molecule has 0 atom stereocenters. The van der Waals surface area contributed by atoms with E-state index in [1.54, 1.807) is 24.5 Å². The maximum absolute atomic E-state index is 10.2. The van der Waals surface area contributed by atoms with E-state index in [1.165, 1.54) is 4.57 Å². The molecule has 0 aliphatic heterocycles. The van der Waals surface area contributed by atoms with E-state index in [2.05, 4.69) is 0 Å². The quantitative estimate of drug-likeness (QED) is 0.409. The zero-order valence-electron chi connectivity index (χ0n) is 6.24. The van der Waals surface area contributed by atoms with Crippen LogP contribution in [0.15, 0.2) is 24.5 Å². The Bertz CT molecular complexity index is 188. The van der Waals surface area contributed by atoms with Gasteiger partial charge in [0.25, 0.3) is 0 Å². The molecule has 9 heavy (non-hydrogen) atoms. The Morgan fingerprint density at radius 1 is 1.44 bits per heavy atom. The third-order valence-electron chi connectivity index (χ3n) is 0.859. The van der Waals surface area contributed by atoms with Gasteiger partial charge in [-0.15, -0.1) is 0 Å². The van der Waals surface area contributed by atoms with Crippen molar-refractivity contribution in [3.05, 3.63) is 24.5 Å². The monoisotopic (exact) mass is 150 g/mol. The zero-order valence-corrected chi connectivity index (χ0v) is 8.37. The van der Waals surface area contributed by atoms with Crippen molar-refractivity contribution in [2.45, 2.75) is 0 Å². The Morgan fingerprint density at radius 2 is 1.89 bits per heavy atom. The number of rotatable bonds is 0. The van der Waals surface area contributed by atoms with E-state index in [1.807, 2.05) is 0 Å². The molecule has 1 rings (SSSR count). The van der Waals surface area contributed by atoms with E-state index in [0.29, 0.717) is 0 Å². The number of amides is 1. The van der Waals surface area contributed by atoms with Crippen molar-refractivity contribution >= 4 is 6.03 Å². The van der Waals surface area contributed by atoms with E-state index in [4.69, 9.17) is 5.73 Å². The number of nitrogens with two attached hydrogens (primary N) is 1. The number of nitrogens with zero attached hydrogens (tertiary/aromatic N) is 1. The Balaban J connectivity index is 0. The predicted octanol–water partition coefficient (Wildman–Crippen LogP) is -2.47. The third kappa shape index (κ3) is 2.64. The summed E-state index contributed by atoms with van der Waals surface area (Å²) >= 11 is 0. The summed E-state index contributed by atoms with van der Waals surface area (Å²) in [5.74, 6) is 0. The molecular weight excluding hydrogens is 143 g/mol. The number of hydrogen-bond donors (Lipinski definition) is 1. The van der Waals surface area contributed by atoms with Crippen LogP contribution in [0, 0.1) is 0 Å². The summed E-state index contributed by atoms with van der Waals surface area (Å²) in [5, 5.41) is 0. The minimum atomic E-state index is -0.449. The fourth-order valence-electron chi connectivity index (χ4n) is 0.481. The zero-order chi connectivity index (χ0) is 5.98. The molecule has 0 spiro atoms. The van der Waals surface area contributed by atoms with Gasteiger partial charge in [-0.3, -0.25) is 4.57 Å². The summed E-state index contributed by atoms with van der Waals surface area (Å²) in [4.78, 5) is 10.2. The molecule has 0 aromatic carbocycles. The van der Waals surface area contributed by atoms with Crippen molar-refractivity contribution in [1.29, 1.82) is 0 Å². The van der Waals surface area contributed by atoms with Crippen molar-refractivity contribution in [3.8, 4) is 0 Å². The molecule has 1 aromatic heterocycles. The number of carbonyl (C=O) groups is 1. The van der Waals surface area contributed by atoms with E-state index in [9.17, 15) is 4.79 Å². The second kappa shape index (κ2) is 4.24. The normalized spacial score (nSPS) is 8.00. The molecule has 0 unspecified atom stereocenters. The maximum Gasteiger partial charge on any atom is 1.00 e. The number of carbonyl (C=O) groups excluding carboxylic acids is 1. The minimum Gasteiger partial charge on any atom is -1.00 e. The molecule has 1 amide bonds. The second-order valence-electron chi connectivity index (χ2n) is 1.43. The van der Waals surface area contributed by atoms with Crippen LogP contribution < -0.4 is 57.1 Å². The van der Waals surface area contributed by atoms with Crippen LogP contribution >= 0.6 is 0 Å². The molecule has 2 N–H and O–H groups in total. The van der Waals surface area contributed by atoms with E-state index < -0.39 is 6.03 Å². The molecule has 0 aliphatic rings. The first kappa shape index (κ1) is 9.39. The van der Waals surface area contributed by atoms with Gasteiger partial charge in [-0.2, -0.15) is 0 Å². The molecule has 0 fully saturated rings. The van der Waals surface area contributed by atoms with Gasteiger partial charge in [0.1, 0.15) is 0 Å². The Labute approximate surface area is 97.1 Å². The van der Waals surface area contributed by atoms with Crippen LogP contribution in [0.5, 0.6) is 0 Å². The molecule has 0 aliphatic carbocycles. The van der Waals surface area contributed by atoms with Gasteiger partial charge in [0.05, 0.1) is 0 Å². The average molecular weight is 150 g/mol. The van der Waals surface area contributed by atoms with Crippen LogP contribution in [-0.4, -0.2) is 10.6 Å². The van der Waals surface area contributed by atoms with Crippen molar-refractivity contribution < 1.29 is 57.6 Å². The van der Waals surface area contributed by atoms with E-state index >= 15 is 0 Å². The van der Waals surface area contributed by atoms with Gasteiger partial charge in [-0.25, -0.2) is 4.79 Å². The van der Waals surface area contributed by atoms with Crippen LogP contribution in [0.4, 0.5) is 4.79 Å². The van der Waals surface area contributed by atoms with Crippen molar-refractivity contribution in [1.82, 2.24) is 4.57 Å². The van der Waals surface area contributed by atoms with E-state index in [0.717, 1.165) is 0 Å². The minimum absolute atomic E-state index is 0. The number of aromatic nitrogens is 1. The Hall–Kier alpha value is 0.386. The molecular formula is C5H7KN2O. The van der Waals surface area contributed by atoms with Crippen LogP contribution in [0.25, 0.3) is 0 Å². The fourth-order valence-corrected chi connectivity index (χ4v) is 0.481. The summed E-state index contributed by atoms with van der Waals surface area (Å²) < 4.78 is 1.31. The molecule has 0 bridgehead atoms. The van der Waals surface area contributed by atoms with Crippen LogP contribution in [0.1, 0.15) is 1.43 Å².